The van der Waals surface area contributed by atoms with Crippen LogP contribution in [0.15, 0.2) is 66.7 Å². The Hall–Kier alpha value is -3.00. The lowest BCUT2D eigenvalue weighted by molar-refractivity contribution is -0.120. The van der Waals surface area contributed by atoms with Gasteiger partial charge in [0.25, 0.3) is 5.91 Å². The summed E-state index contributed by atoms with van der Waals surface area (Å²) in [5.74, 6) is -0.502. The van der Waals surface area contributed by atoms with Crippen LogP contribution in [0, 0.1) is 0 Å². The molecule has 0 unspecified atom stereocenters. The minimum absolute atomic E-state index is 0.000493. The van der Waals surface area contributed by atoms with Crippen molar-refractivity contribution < 1.29 is 14.8 Å². The number of carbonyl (C=O) groups is 2. The van der Waals surface area contributed by atoms with E-state index >= 15 is 0 Å². The molecule has 0 aliphatic rings. The Morgan fingerprint density at radius 1 is 0.931 bits per heavy atom. The van der Waals surface area contributed by atoms with E-state index in [-0.39, 0.29) is 5.91 Å². The minimum Gasteiger partial charge on any atom is -0.351 e. The van der Waals surface area contributed by atoms with Gasteiger partial charge in [-0.2, -0.15) is 0 Å². The topological polar surface area (TPSA) is 78.4 Å². The van der Waals surface area contributed by atoms with Gasteiger partial charge in [-0.05, 0) is 46.8 Å². The lowest BCUT2D eigenvalue weighted by atomic mass is 10.1. The van der Waals surface area contributed by atoms with E-state index in [9.17, 15) is 9.59 Å². The molecular weight excluding hydrogens is 404 g/mol. The number of carbonyl (C=O) groups excluding carboxylic acids is 2. The fraction of sp³-hybridized carbons (Fsp3) is 0.0909. The van der Waals surface area contributed by atoms with Crippen molar-refractivity contribution in [2.24, 2.45) is 0 Å². The summed E-state index contributed by atoms with van der Waals surface area (Å²) in [7, 11) is 0. The predicted molar refractivity (Wildman–Crippen MR) is 116 cm³/mol. The predicted octanol–water partition coefficient (Wildman–Crippen LogP) is 4.61. The molecule has 146 valence electrons. The van der Waals surface area contributed by atoms with E-state index in [1.54, 1.807) is 22.9 Å². The van der Waals surface area contributed by atoms with E-state index in [2.05, 4.69) is 5.32 Å². The van der Waals surface area contributed by atoms with Crippen LogP contribution in [0.1, 0.15) is 20.1 Å². The van der Waals surface area contributed by atoms with Crippen molar-refractivity contribution in [3.8, 4) is 10.4 Å². The summed E-state index contributed by atoms with van der Waals surface area (Å²) in [5, 5.41) is 12.7. The van der Waals surface area contributed by atoms with Crippen LogP contribution in [0.4, 0.5) is 0 Å². The van der Waals surface area contributed by atoms with Crippen molar-refractivity contribution in [1.29, 1.82) is 0 Å². The van der Waals surface area contributed by atoms with Crippen LogP contribution in [-0.4, -0.2) is 17.0 Å². The van der Waals surface area contributed by atoms with Crippen molar-refractivity contribution in [3.05, 3.63) is 82.0 Å². The largest absolute Gasteiger partial charge is 0.351 e. The van der Waals surface area contributed by atoms with E-state index < -0.39 is 5.91 Å². The van der Waals surface area contributed by atoms with E-state index in [0.29, 0.717) is 17.8 Å². The number of hydrogen-bond donors (Lipinski definition) is 3. The molecule has 0 radical (unpaired) electrons. The highest BCUT2D eigenvalue weighted by Gasteiger charge is 2.11. The van der Waals surface area contributed by atoms with Crippen LogP contribution >= 0.6 is 22.7 Å². The Kier molecular flexibility index (Phi) is 5.71. The van der Waals surface area contributed by atoms with Crippen LogP contribution in [0.5, 0.6) is 0 Å². The number of fused-ring (bicyclic) bond motifs is 1. The van der Waals surface area contributed by atoms with Gasteiger partial charge in [-0.25, -0.2) is 5.48 Å². The molecule has 2 heterocycles. The first-order valence-corrected chi connectivity index (χ1v) is 10.6. The second-order valence-electron chi connectivity index (χ2n) is 6.51. The van der Waals surface area contributed by atoms with Gasteiger partial charge in [-0.3, -0.25) is 14.8 Å². The van der Waals surface area contributed by atoms with Crippen LogP contribution in [0.2, 0.25) is 0 Å². The highest BCUT2D eigenvalue weighted by Crippen LogP contribution is 2.33. The van der Waals surface area contributed by atoms with Crippen LogP contribution in [0.3, 0.4) is 0 Å². The number of thiophene rings is 2. The first-order valence-electron chi connectivity index (χ1n) is 9.00. The first-order chi connectivity index (χ1) is 14.1. The average molecular weight is 423 g/mol. The normalized spacial score (nSPS) is 10.8. The van der Waals surface area contributed by atoms with Gasteiger partial charge in [0.15, 0.2) is 0 Å². The van der Waals surface area contributed by atoms with E-state index in [1.165, 1.54) is 11.3 Å². The molecule has 0 bridgehead atoms. The molecule has 2 amide bonds. The maximum Gasteiger partial charge on any atom is 0.284 e. The minimum atomic E-state index is -0.502. The molecule has 4 rings (SSSR count). The lowest BCUT2D eigenvalue weighted by Crippen LogP contribution is -2.24. The zero-order valence-corrected chi connectivity index (χ0v) is 17.0. The number of hydrogen-bond acceptors (Lipinski definition) is 5. The Morgan fingerprint density at radius 3 is 2.55 bits per heavy atom. The molecular formula is C22H18N2O3S2. The van der Waals surface area contributed by atoms with E-state index in [0.717, 1.165) is 31.0 Å². The summed E-state index contributed by atoms with van der Waals surface area (Å²) in [6.45, 7) is 0.498. The maximum atomic E-state index is 12.1. The molecule has 0 aliphatic heterocycles. The number of benzene rings is 2. The fourth-order valence-electron chi connectivity index (χ4n) is 3.02. The molecule has 2 aromatic carbocycles. The average Bonchev–Trinajstić information content (AvgIpc) is 3.39. The van der Waals surface area contributed by atoms with Gasteiger partial charge < -0.3 is 5.32 Å². The van der Waals surface area contributed by atoms with Crippen molar-refractivity contribution in [3.63, 3.8) is 0 Å². The molecule has 2 aromatic heterocycles. The molecule has 0 aliphatic carbocycles. The quantitative estimate of drug-likeness (QED) is 0.314. The summed E-state index contributed by atoms with van der Waals surface area (Å²) in [5.41, 5.74) is 3.72. The van der Waals surface area contributed by atoms with E-state index in [1.807, 2.05) is 60.7 Å². The van der Waals surface area contributed by atoms with Gasteiger partial charge in [0.1, 0.15) is 0 Å². The van der Waals surface area contributed by atoms with Crippen molar-refractivity contribution in [2.75, 3.05) is 0 Å². The third-order valence-corrected chi connectivity index (χ3v) is 6.70. The van der Waals surface area contributed by atoms with Crippen molar-refractivity contribution >= 4 is 44.6 Å². The number of hydroxylamine groups is 1. The van der Waals surface area contributed by atoms with Gasteiger partial charge in [0.2, 0.25) is 5.91 Å². The smallest absolute Gasteiger partial charge is 0.284 e. The fourth-order valence-corrected chi connectivity index (χ4v) is 4.90. The Morgan fingerprint density at radius 2 is 1.76 bits per heavy atom. The van der Waals surface area contributed by atoms with Crippen LogP contribution in [-0.2, 0) is 17.8 Å². The van der Waals surface area contributed by atoms with Crippen molar-refractivity contribution in [1.82, 2.24) is 10.8 Å². The summed E-state index contributed by atoms with van der Waals surface area (Å²) >= 11 is 2.96. The zero-order chi connectivity index (χ0) is 20.2. The molecule has 3 N–H and O–H groups in total. The van der Waals surface area contributed by atoms with E-state index in [4.69, 9.17) is 5.21 Å². The monoisotopic (exact) mass is 422 g/mol. The summed E-state index contributed by atoms with van der Waals surface area (Å²) in [6.07, 6.45) is 0.373. The van der Waals surface area contributed by atoms with Crippen LogP contribution in [0.25, 0.3) is 20.5 Å². The third kappa shape index (κ3) is 4.54. The second kappa shape index (κ2) is 8.57. The van der Waals surface area contributed by atoms with Gasteiger partial charge >= 0.3 is 0 Å². The number of amides is 2. The molecule has 0 atom stereocenters. The maximum absolute atomic E-state index is 12.1. The highest BCUT2D eigenvalue weighted by atomic mass is 32.1. The summed E-state index contributed by atoms with van der Waals surface area (Å²) in [6, 6.07) is 21.5. The highest BCUT2D eigenvalue weighted by molar-refractivity contribution is 7.20. The standard InChI is InChI=1S/C22H18N2O3S2/c25-21(10-14-4-2-1-3-5-14)23-13-17-7-9-18(28-17)15-6-8-19-16(11-15)12-20(29-19)22(26)24-27/h1-9,11-12,27H,10,13H2,(H,23,25)(H,24,26). The van der Waals surface area contributed by atoms with Gasteiger partial charge in [-0.1, -0.05) is 36.4 Å². The summed E-state index contributed by atoms with van der Waals surface area (Å²) < 4.78 is 0.984. The molecule has 29 heavy (non-hydrogen) atoms. The Bertz CT molecular complexity index is 1170. The van der Waals surface area contributed by atoms with Crippen LogP contribution < -0.4 is 10.8 Å². The molecule has 5 nitrogen and oxygen atoms in total. The molecule has 0 saturated heterocycles. The Labute approximate surface area is 175 Å². The second-order valence-corrected chi connectivity index (χ2v) is 8.76. The number of nitrogens with one attached hydrogen (secondary N) is 2. The molecule has 7 heteroatoms. The first kappa shape index (κ1) is 19.3. The summed E-state index contributed by atoms with van der Waals surface area (Å²) in [4.78, 5) is 26.4. The molecule has 0 spiro atoms. The molecule has 4 aromatic rings. The van der Waals surface area contributed by atoms with Gasteiger partial charge in [0, 0.05) is 14.5 Å². The Balaban J connectivity index is 1.43. The van der Waals surface area contributed by atoms with Gasteiger partial charge in [-0.15, -0.1) is 22.7 Å². The molecule has 0 saturated carbocycles. The third-order valence-electron chi connectivity index (χ3n) is 4.46. The van der Waals surface area contributed by atoms with Crippen molar-refractivity contribution in [2.45, 2.75) is 13.0 Å². The zero-order valence-electron chi connectivity index (χ0n) is 15.3. The number of rotatable bonds is 6. The van der Waals surface area contributed by atoms with Gasteiger partial charge in [0.05, 0.1) is 17.8 Å². The molecule has 0 fully saturated rings. The SMILES string of the molecule is O=C(Cc1ccccc1)NCc1ccc(-c2ccc3sc(C(=O)NO)cc3c2)s1. The lowest BCUT2D eigenvalue weighted by Gasteiger charge is -2.03.